The maximum Gasteiger partial charge on any atom is 0.345 e. The van der Waals surface area contributed by atoms with Crippen LogP contribution in [0.1, 0.15) is 76.8 Å². The Morgan fingerprint density at radius 2 is 1.08 bits per heavy atom. The minimum Gasteiger partial charge on any atom is -0.748 e. The molecule has 62 heavy (non-hydrogen) atoms. The molecule has 0 unspecified atom stereocenters. The van der Waals surface area contributed by atoms with Crippen molar-refractivity contribution < 1.29 is 57.8 Å². The van der Waals surface area contributed by atoms with Crippen molar-refractivity contribution in [3.05, 3.63) is 82.9 Å². The molecule has 3 N–H and O–H groups in total. The molecule has 0 aliphatic rings. The first-order chi connectivity index (χ1) is 29.3. The average molecular weight is 920 g/mol. The van der Waals surface area contributed by atoms with Crippen LogP contribution in [0.3, 0.4) is 0 Å². The topological polar surface area (TPSA) is 263 Å². The number of hydrogen-bond acceptors (Lipinski definition) is 15. The molecule has 1 aromatic heterocycles. The van der Waals surface area contributed by atoms with Crippen molar-refractivity contribution >= 4 is 64.0 Å². The van der Waals surface area contributed by atoms with E-state index < -0.39 is 53.6 Å². The lowest BCUT2D eigenvalue weighted by Gasteiger charge is -2.25. The third-order valence-corrected chi connectivity index (χ3v) is 12.7. The number of benzene rings is 3. The Kier molecular flexibility index (Phi) is 19.2. The second-order valence-electron chi connectivity index (χ2n) is 15.4. The Morgan fingerprint density at radius 1 is 0.645 bits per heavy atom. The summed E-state index contributed by atoms with van der Waals surface area (Å²) < 4.78 is 109. The molecule has 20 heteroatoms. The van der Waals surface area contributed by atoms with E-state index in [0.29, 0.717) is 109 Å². The van der Waals surface area contributed by atoms with Gasteiger partial charge in [0.15, 0.2) is 6.54 Å². The van der Waals surface area contributed by atoms with E-state index in [1.165, 1.54) is 0 Å². The van der Waals surface area contributed by atoms with E-state index in [4.69, 9.17) is 10.5 Å². The Bertz CT molecular complexity index is 2420. The zero-order chi connectivity index (χ0) is 45.5. The smallest absolute Gasteiger partial charge is 0.345 e. The number of unbranched alkanes of at least 4 members (excludes halogenated alkanes) is 1. The molecule has 0 fully saturated rings. The van der Waals surface area contributed by atoms with E-state index in [1.54, 1.807) is 62.4 Å². The molecular formula is C42H57N5O12S3-2. The molecule has 1 amide bonds. The number of carbonyl (C=O) groups is 2. The van der Waals surface area contributed by atoms with Gasteiger partial charge < -0.3 is 39.2 Å². The number of esters is 1. The molecule has 3 aromatic carbocycles. The van der Waals surface area contributed by atoms with Gasteiger partial charge in [0.2, 0.25) is 11.0 Å². The Hall–Kier alpha value is -4.12. The number of para-hydroxylation sites is 2. The molecule has 4 rings (SSSR count). The number of rotatable bonds is 27. The summed E-state index contributed by atoms with van der Waals surface area (Å²) in [5, 5.41) is 4.08. The summed E-state index contributed by atoms with van der Waals surface area (Å²) in [4.78, 5) is 31.5. The first-order valence-electron chi connectivity index (χ1n) is 20.7. The molecule has 342 valence electrons. The Balaban J connectivity index is 1.38. The van der Waals surface area contributed by atoms with Gasteiger partial charge in [0.25, 0.3) is 5.91 Å². The highest BCUT2D eigenvalue weighted by Gasteiger charge is 2.26. The van der Waals surface area contributed by atoms with Crippen LogP contribution in [0.25, 0.3) is 21.8 Å². The summed E-state index contributed by atoms with van der Waals surface area (Å²) >= 11 is 0. The highest BCUT2D eigenvalue weighted by atomic mass is 32.2. The summed E-state index contributed by atoms with van der Waals surface area (Å²) in [6.45, 7) is 7.77. The van der Waals surface area contributed by atoms with Gasteiger partial charge in [-0.1, -0.05) is 24.3 Å². The van der Waals surface area contributed by atoms with Gasteiger partial charge in [0.1, 0.15) is 5.75 Å². The SMILES string of the molecule is Cc1cc(C(=O)NCCCN(CCCCN(CCCN)CCCS(=O)(=O)[O-])CCCS(=O)(=O)[O-])cc(C)c1OC(=O)c1c2ccccc2[n+](CCCS(=O)(=O)[O-])c2ccccc12. The maximum atomic E-state index is 14.1. The van der Waals surface area contributed by atoms with Crippen molar-refractivity contribution in [1.82, 2.24) is 15.1 Å². The predicted molar refractivity (Wildman–Crippen MR) is 233 cm³/mol. The van der Waals surface area contributed by atoms with Crippen molar-refractivity contribution in [1.29, 1.82) is 0 Å². The largest absolute Gasteiger partial charge is 0.748 e. The minimum absolute atomic E-state index is 0.0893. The lowest BCUT2D eigenvalue weighted by Crippen LogP contribution is -2.37. The fraction of sp³-hybridized carbons (Fsp3) is 0.500. The zero-order valence-corrected chi connectivity index (χ0v) is 37.7. The van der Waals surface area contributed by atoms with Crippen molar-refractivity contribution in [2.75, 3.05) is 69.6 Å². The number of pyridine rings is 1. The third-order valence-electron chi connectivity index (χ3n) is 10.4. The summed E-state index contributed by atoms with van der Waals surface area (Å²) in [5.74, 6) is -2.11. The molecule has 0 spiro atoms. The second-order valence-corrected chi connectivity index (χ2v) is 19.9. The molecular weight excluding hydrogens is 863 g/mol. The summed E-state index contributed by atoms with van der Waals surface area (Å²) in [6, 6.07) is 17.6. The van der Waals surface area contributed by atoms with Crippen LogP contribution in [0.15, 0.2) is 60.7 Å². The van der Waals surface area contributed by atoms with Crippen LogP contribution in [-0.4, -0.2) is 130 Å². The highest BCUT2D eigenvalue weighted by molar-refractivity contribution is 7.86. The van der Waals surface area contributed by atoms with Gasteiger partial charge in [0, 0.05) is 47.9 Å². The van der Waals surface area contributed by atoms with E-state index in [1.807, 2.05) is 21.6 Å². The predicted octanol–water partition coefficient (Wildman–Crippen LogP) is 2.78. The van der Waals surface area contributed by atoms with Gasteiger partial charge in [-0.2, -0.15) is 4.57 Å². The van der Waals surface area contributed by atoms with Gasteiger partial charge in [-0.25, -0.2) is 30.0 Å². The molecule has 1 heterocycles. The third kappa shape index (κ3) is 16.5. The fourth-order valence-corrected chi connectivity index (χ4v) is 9.00. The zero-order valence-electron chi connectivity index (χ0n) is 35.3. The normalized spacial score (nSPS) is 12.5. The van der Waals surface area contributed by atoms with Crippen molar-refractivity contribution in [2.45, 2.75) is 65.3 Å². The van der Waals surface area contributed by atoms with Gasteiger partial charge in [-0.3, -0.25) is 4.79 Å². The minimum atomic E-state index is -4.41. The fourth-order valence-electron chi connectivity index (χ4n) is 7.56. The van der Waals surface area contributed by atoms with Crippen molar-refractivity contribution in [2.24, 2.45) is 5.73 Å². The first-order valence-corrected chi connectivity index (χ1v) is 25.4. The number of nitrogens with two attached hydrogens (primary N) is 1. The number of ether oxygens (including phenoxy) is 1. The van der Waals surface area contributed by atoms with Crippen LogP contribution >= 0.6 is 0 Å². The summed E-state index contributed by atoms with van der Waals surface area (Å²) in [5.41, 5.74) is 8.75. The number of nitrogens with one attached hydrogen (secondary N) is 1. The van der Waals surface area contributed by atoms with E-state index in [2.05, 4.69) is 10.2 Å². The van der Waals surface area contributed by atoms with E-state index in [9.17, 15) is 48.5 Å². The van der Waals surface area contributed by atoms with Gasteiger partial charge in [0.05, 0.1) is 46.7 Å². The average Bonchev–Trinajstić information content (AvgIpc) is 3.19. The number of amides is 1. The van der Waals surface area contributed by atoms with Crippen molar-refractivity contribution in [3.8, 4) is 5.75 Å². The molecule has 4 aromatic rings. The van der Waals surface area contributed by atoms with Gasteiger partial charge in [-0.05, 0) is 134 Å². The standard InChI is InChI=1S/C42H59N5O12S3/c1-32-30-34(41(48)44-19-10-23-46(25-12-28-61(53,54)55)21-8-7-20-45(22-9-18-43)24-11-27-60(50,51)52)31-33(2)40(32)59-42(49)39-35-14-3-5-16-37(35)47(26-13-29-62(56,57)58)38-17-6-4-15-36(38)39/h3-6,14-17,30-31H,7-13,18-29,43H2,1-2H3,(H3-,44,48,50,51,52,53,54,55,56,57,58)/p-2. The first kappa shape index (κ1) is 50.5. The van der Waals surface area contributed by atoms with E-state index in [-0.39, 0.29) is 31.7 Å². The number of nitrogens with zero attached hydrogens (tertiary/aromatic N) is 3. The highest BCUT2D eigenvalue weighted by Crippen LogP contribution is 2.30. The molecule has 0 saturated heterocycles. The number of hydrogen-bond donors (Lipinski definition) is 2. The van der Waals surface area contributed by atoms with Crippen LogP contribution in [-0.2, 0) is 36.9 Å². The number of aryl methyl sites for hydroxylation is 3. The summed E-state index contributed by atoms with van der Waals surface area (Å²) in [7, 11) is -13.1. The van der Waals surface area contributed by atoms with Crippen molar-refractivity contribution in [3.63, 3.8) is 0 Å². The lowest BCUT2D eigenvalue weighted by atomic mass is 10.0. The number of fused-ring (bicyclic) bond motifs is 2. The molecule has 0 radical (unpaired) electrons. The molecule has 0 saturated carbocycles. The van der Waals surface area contributed by atoms with Gasteiger partial charge in [-0.15, -0.1) is 0 Å². The molecule has 0 bridgehead atoms. The maximum absolute atomic E-state index is 14.1. The molecule has 0 aliphatic heterocycles. The number of carbonyl (C=O) groups excluding carboxylic acids is 2. The Morgan fingerprint density at radius 3 is 1.56 bits per heavy atom. The summed E-state index contributed by atoms with van der Waals surface area (Å²) in [6.07, 6.45) is 3.22. The number of aromatic nitrogens is 1. The molecule has 17 nitrogen and oxygen atoms in total. The van der Waals surface area contributed by atoms with Crippen LogP contribution in [0, 0.1) is 13.8 Å². The Labute approximate surface area is 364 Å². The van der Waals surface area contributed by atoms with E-state index >= 15 is 0 Å². The lowest BCUT2D eigenvalue weighted by molar-refractivity contribution is -0.645. The van der Waals surface area contributed by atoms with E-state index in [0.717, 1.165) is 19.3 Å². The van der Waals surface area contributed by atoms with Crippen LogP contribution in [0.5, 0.6) is 5.75 Å². The van der Waals surface area contributed by atoms with Gasteiger partial charge >= 0.3 is 5.97 Å². The van der Waals surface area contributed by atoms with Crippen LogP contribution in [0.4, 0.5) is 0 Å². The van der Waals surface area contributed by atoms with Crippen LogP contribution in [0.2, 0.25) is 0 Å². The van der Waals surface area contributed by atoms with Crippen LogP contribution < -0.4 is 20.4 Å². The molecule has 0 atom stereocenters. The monoisotopic (exact) mass is 919 g/mol. The second kappa shape index (κ2) is 23.5. The molecule has 0 aliphatic carbocycles. The quantitative estimate of drug-likeness (QED) is 0.0218.